The van der Waals surface area contributed by atoms with Gasteiger partial charge in [-0.05, 0) is 72.9 Å². The van der Waals surface area contributed by atoms with Gasteiger partial charge >= 0.3 is 0 Å². The lowest BCUT2D eigenvalue weighted by atomic mass is 10.0. The zero-order chi connectivity index (χ0) is 22.8. The van der Waals surface area contributed by atoms with Gasteiger partial charge in [0.05, 0.1) is 24.5 Å². The number of halogens is 1. The van der Waals surface area contributed by atoms with Gasteiger partial charge in [-0.15, -0.1) is 0 Å². The maximum absolute atomic E-state index is 6.35. The fourth-order valence-corrected chi connectivity index (χ4v) is 5.14. The van der Waals surface area contributed by atoms with Crippen molar-refractivity contribution in [2.45, 2.75) is 22.1 Å². The van der Waals surface area contributed by atoms with E-state index in [1.165, 1.54) is 0 Å². The Balaban J connectivity index is 1.55. The number of hydrogen-bond donors (Lipinski definition) is 1. The number of hydrogen-bond acceptors (Lipinski definition) is 5. The smallest absolute Gasteiger partial charge is 0.174 e. The lowest BCUT2D eigenvalue weighted by Crippen LogP contribution is -2.29. The summed E-state index contributed by atoms with van der Waals surface area (Å²) >= 11 is 13.3. The number of furan rings is 1. The number of thiocarbonyl (C=S) groups is 1. The molecule has 2 aromatic carbocycles. The van der Waals surface area contributed by atoms with Gasteiger partial charge in [0.2, 0.25) is 0 Å². The number of anilines is 1. The van der Waals surface area contributed by atoms with Gasteiger partial charge in [0.25, 0.3) is 0 Å². The van der Waals surface area contributed by atoms with Crippen molar-refractivity contribution in [3.8, 4) is 5.75 Å². The Kier molecular flexibility index (Phi) is 6.26. The zero-order valence-corrected chi connectivity index (χ0v) is 20.0. The van der Waals surface area contributed by atoms with Crippen molar-refractivity contribution < 1.29 is 9.15 Å². The van der Waals surface area contributed by atoms with Gasteiger partial charge in [0.15, 0.2) is 10.2 Å². The largest absolute Gasteiger partial charge is 0.495 e. The second-order valence-corrected chi connectivity index (χ2v) is 9.28. The van der Waals surface area contributed by atoms with Crippen molar-refractivity contribution in [3.63, 3.8) is 0 Å². The summed E-state index contributed by atoms with van der Waals surface area (Å²) in [6.45, 7) is 0. The second kappa shape index (κ2) is 9.47. The fourth-order valence-electron chi connectivity index (χ4n) is 3.90. The molecule has 5 rings (SSSR count). The maximum Gasteiger partial charge on any atom is 0.174 e. The molecule has 1 fully saturated rings. The van der Waals surface area contributed by atoms with Crippen LogP contribution < -0.4 is 15.0 Å². The summed E-state index contributed by atoms with van der Waals surface area (Å²) in [5.41, 5.74) is 1.75. The molecule has 8 heteroatoms. The van der Waals surface area contributed by atoms with E-state index in [9.17, 15) is 0 Å². The maximum atomic E-state index is 6.35. The van der Waals surface area contributed by atoms with Crippen LogP contribution in [0.25, 0.3) is 0 Å². The Bertz CT molecular complexity index is 1260. The molecule has 0 unspecified atom stereocenters. The van der Waals surface area contributed by atoms with E-state index in [4.69, 9.17) is 33.0 Å². The van der Waals surface area contributed by atoms with Gasteiger partial charge < -0.3 is 19.4 Å². The average molecular weight is 494 g/mol. The van der Waals surface area contributed by atoms with Crippen molar-refractivity contribution in [1.82, 2.24) is 10.3 Å². The lowest BCUT2D eigenvalue weighted by molar-refractivity contribution is 0.380. The SMILES string of the molecule is COc1ccccc1N1C(=S)N[C@H](c2ccccn2)[C@@H]1c1ccc(Sc2ccc(Cl)cc2)o1. The Labute approximate surface area is 206 Å². The van der Waals surface area contributed by atoms with Gasteiger partial charge in [-0.3, -0.25) is 4.98 Å². The standard InChI is InChI=1S/C25H20ClN3O2S2/c1-30-20-8-3-2-7-19(20)29-24(23(28-25(29)32)18-6-4-5-15-27-18)21-13-14-22(31-21)33-17-11-9-16(26)10-12-17/h2-15,23-24H,1H3,(H,28,32)/t23-,24+/m1/s1. The minimum Gasteiger partial charge on any atom is -0.495 e. The van der Waals surface area contributed by atoms with Crippen molar-refractivity contribution in [1.29, 1.82) is 0 Å². The molecule has 166 valence electrons. The van der Waals surface area contributed by atoms with Crippen LogP contribution in [0.5, 0.6) is 5.75 Å². The van der Waals surface area contributed by atoms with Crippen LogP contribution in [0.1, 0.15) is 23.5 Å². The van der Waals surface area contributed by atoms with E-state index in [-0.39, 0.29) is 12.1 Å². The van der Waals surface area contributed by atoms with Crippen LogP contribution in [0.3, 0.4) is 0 Å². The van der Waals surface area contributed by atoms with E-state index in [0.29, 0.717) is 10.1 Å². The summed E-state index contributed by atoms with van der Waals surface area (Å²) in [5.74, 6) is 1.51. The molecule has 0 radical (unpaired) electrons. The predicted molar refractivity (Wildman–Crippen MR) is 135 cm³/mol. The monoisotopic (exact) mass is 493 g/mol. The van der Waals surface area contributed by atoms with E-state index in [2.05, 4.69) is 10.3 Å². The first-order valence-electron chi connectivity index (χ1n) is 10.3. The molecule has 2 atom stereocenters. The molecule has 2 aromatic heterocycles. The van der Waals surface area contributed by atoms with Crippen LogP contribution in [0.15, 0.2) is 99.5 Å². The lowest BCUT2D eigenvalue weighted by Gasteiger charge is -2.27. The summed E-state index contributed by atoms with van der Waals surface area (Å²) in [7, 11) is 1.66. The van der Waals surface area contributed by atoms with Crippen LogP contribution >= 0.6 is 35.6 Å². The highest BCUT2D eigenvalue weighted by Crippen LogP contribution is 2.45. The van der Waals surface area contributed by atoms with Crippen molar-refractivity contribution in [3.05, 3.63) is 102 Å². The molecule has 0 saturated carbocycles. The minimum atomic E-state index is -0.247. The highest BCUT2D eigenvalue weighted by Gasteiger charge is 2.43. The predicted octanol–water partition coefficient (Wildman–Crippen LogP) is 6.66. The Morgan fingerprint density at radius 3 is 2.58 bits per heavy atom. The first kappa shape index (κ1) is 21.8. The van der Waals surface area contributed by atoms with Crippen molar-refractivity contribution in [2.75, 3.05) is 12.0 Å². The third kappa shape index (κ3) is 4.44. The number of aromatic nitrogens is 1. The van der Waals surface area contributed by atoms with Gasteiger partial charge in [-0.25, -0.2) is 0 Å². The quantitative estimate of drug-likeness (QED) is 0.301. The number of nitrogens with zero attached hydrogens (tertiary/aromatic N) is 2. The Hall–Kier alpha value is -3.00. The molecule has 3 heterocycles. The molecular weight excluding hydrogens is 474 g/mol. The molecule has 1 aliphatic rings. The summed E-state index contributed by atoms with van der Waals surface area (Å²) in [6.07, 6.45) is 1.78. The van der Waals surface area contributed by atoms with Crippen LogP contribution in [-0.2, 0) is 0 Å². The van der Waals surface area contributed by atoms with E-state index in [1.807, 2.05) is 83.8 Å². The number of methoxy groups -OCH3 is 1. The normalized spacial score (nSPS) is 17.8. The van der Waals surface area contributed by atoms with E-state index >= 15 is 0 Å². The van der Waals surface area contributed by atoms with Crippen molar-refractivity contribution >= 4 is 46.4 Å². The van der Waals surface area contributed by atoms with Gasteiger partial charge in [0, 0.05) is 16.1 Å². The summed E-state index contributed by atoms with van der Waals surface area (Å²) in [5, 5.41) is 5.51. The van der Waals surface area contributed by atoms with E-state index in [1.54, 1.807) is 25.1 Å². The first-order valence-corrected chi connectivity index (χ1v) is 11.9. The molecule has 1 saturated heterocycles. The highest BCUT2D eigenvalue weighted by molar-refractivity contribution is 7.99. The van der Waals surface area contributed by atoms with Crippen LogP contribution in [0.2, 0.25) is 5.02 Å². The summed E-state index contributed by atoms with van der Waals surface area (Å²) in [4.78, 5) is 7.67. The number of benzene rings is 2. The zero-order valence-electron chi connectivity index (χ0n) is 17.6. The molecule has 4 aromatic rings. The molecule has 1 N–H and O–H groups in total. The Morgan fingerprint density at radius 1 is 1.03 bits per heavy atom. The molecule has 33 heavy (non-hydrogen) atoms. The van der Waals surface area contributed by atoms with Gasteiger partial charge in [-0.1, -0.05) is 41.6 Å². The van der Waals surface area contributed by atoms with Crippen LogP contribution in [0.4, 0.5) is 5.69 Å². The van der Waals surface area contributed by atoms with Crippen LogP contribution in [0, 0.1) is 0 Å². The Morgan fingerprint density at radius 2 is 1.82 bits per heavy atom. The third-order valence-corrected chi connectivity index (χ3v) is 6.86. The van der Waals surface area contributed by atoms with E-state index < -0.39 is 0 Å². The van der Waals surface area contributed by atoms with Crippen LogP contribution in [-0.4, -0.2) is 17.2 Å². The summed E-state index contributed by atoms with van der Waals surface area (Å²) < 4.78 is 12.0. The number of ether oxygens (including phenoxy) is 1. The first-order chi connectivity index (χ1) is 16.1. The average Bonchev–Trinajstić information content (AvgIpc) is 3.45. The molecular formula is C25H20ClN3O2S2. The summed E-state index contributed by atoms with van der Waals surface area (Å²) in [6, 6.07) is 24.9. The van der Waals surface area contributed by atoms with Gasteiger partial charge in [-0.2, -0.15) is 0 Å². The second-order valence-electron chi connectivity index (χ2n) is 7.38. The van der Waals surface area contributed by atoms with Crippen molar-refractivity contribution in [2.24, 2.45) is 0 Å². The van der Waals surface area contributed by atoms with Gasteiger partial charge in [0.1, 0.15) is 17.6 Å². The number of nitrogens with one attached hydrogen (secondary N) is 1. The molecule has 1 aliphatic heterocycles. The number of rotatable bonds is 6. The highest BCUT2D eigenvalue weighted by atomic mass is 35.5. The molecule has 0 amide bonds. The van der Waals surface area contributed by atoms with E-state index in [0.717, 1.165) is 32.9 Å². The molecule has 0 aliphatic carbocycles. The molecule has 0 spiro atoms. The topological polar surface area (TPSA) is 50.5 Å². The fraction of sp³-hybridized carbons (Fsp3) is 0.120. The molecule has 0 bridgehead atoms. The molecule has 5 nitrogen and oxygen atoms in total. The minimum absolute atomic E-state index is 0.192. The number of para-hydroxylation sites is 2. The third-order valence-electron chi connectivity index (χ3n) is 5.37. The number of pyridine rings is 1.